The SMILES string of the molecule is COc1cc(OC)c(-c2c(F)ccc3ccccc23)cc1-c1cc(Br)ccc1F. The van der Waals surface area contributed by atoms with E-state index in [2.05, 4.69) is 15.9 Å². The van der Waals surface area contributed by atoms with Crippen molar-refractivity contribution >= 4 is 26.7 Å². The lowest BCUT2D eigenvalue weighted by Crippen LogP contribution is -1.97. The van der Waals surface area contributed by atoms with Crippen molar-refractivity contribution in [3.8, 4) is 33.8 Å². The second-order valence-electron chi connectivity index (χ2n) is 6.52. The van der Waals surface area contributed by atoms with E-state index in [4.69, 9.17) is 9.47 Å². The first-order valence-corrected chi connectivity index (χ1v) is 9.72. The van der Waals surface area contributed by atoms with Gasteiger partial charge in [-0.25, -0.2) is 8.78 Å². The molecule has 0 aliphatic carbocycles. The molecule has 0 amide bonds. The van der Waals surface area contributed by atoms with Crippen molar-refractivity contribution in [1.29, 1.82) is 0 Å². The van der Waals surface area contributed by atoms with Crippen LogP contribution in [0.4, 0.5) is 8.78 Å². The summed E-state index contributed by atoms with van der Waals surface area (Å²) < 4.78 is 41.4. The largest absolute Gasteiger partial charge is 0.496 e. The van der Waals surface area contributed by atoms with Crippen molar-refractivity contribution in [3.05, 3.63) is 82.8 Å². The van der Waals surface area contributed by atoms with E-state index in [1.165, 1.54) is 26.4 Å². The molecule has 0 aliphatic rings. The van der Waals surface area contributed by atoms with Crippen LogP contribution in [-0.2, 0) is 0 Å². The van der Waals surface area contributed by atoms with Gasteiger partial charge in [-0.1, -0.05) is 46.3 Å². The molecule has 4 aromatic carbocycles. The lowest BCUT2D eigenvalue weighted by Gasteiger charge is -2.17. The monoisotopic (exact) mass is 454 g/mol. The maximum Gasteiger partial charge on any atom is 0.131 e. The molecular weight excluding hydrogens is 438 g/mol. The Morgan fingerprint density at radius 2 is 1.38 bits per heavy atom. The molecule has 0 aliphatic heterocycles. The zero-order chi connectivity index (χ0) is 20.5. The van der Waals surface area contributed by atoms with Gasteiger partial charge in [0.25, 0.3) is 0 Å². The summed E-state index contributed by atoms with van der Waals surface area (Å²) >= 11 is 3.38. The summed E-state index contributed by atoms with van der Waals surface area (Å²) in [7, 11) is 3.02. The Morgan fingerprint density at radius 3 is 2.14 bits per heavy atom. The van der Waals surface area contributed by atoms with Gasteiger partial charge in [0.05, 0.1) is 14.2 Å². The van der Waals surface area contributed by atoms with Crippen LogP contribution in [-0.4, -0.2) is 14.2 Å². The van der Waals surface area contributed by atoms with E-state index in [1.807, 2.05) is 24.3 Å². The highest BCUT2D eigenvalue weighted by Crippen LogP contribution is 2.44. The number of hydrogen-bond donors (Lipinski definition) is 0. The number of rotatable bonds is 4. The summed E-state index contributed by atoms with van der Waals surface area (Å²) in [6, 6.07) is 18.7. The molecule has 2 nitrogen and oxygen atoms in total. The molecule has 0 aromatic heterocycles. The highest BCUT2D eigenvalue weighted by atomic mass is 79.9. The molecule has 0 atom stereocenters. The average Bonchev–Trinajstić information content (AvgIpc) is 2.74. The van der Waals surface area contributed by atoms with Crippen LogP contribution < -0.4 is 9.47 Å². The van der Waals surface area contributed by atoms with E-state index >= 15 is 4.39 Å². The predicted octanol–water partition coefficient (Wildman–Crippen LogP) is 7.23. The van der Waals surface area contributed by atoms with Gasteiger partial charge >= 0.3 is 0 Å². The number of fused-ring (bicyclic) bond motifs is 1. The Balaban J connectivity index is 2.08. The Labute approximate surface area is 175 Å². The molecule has 0 fully saturated rings. The van der Waals surface area contributed by atoms with E-state index < -0.39 is 5.82 Å². The van der Waals surface area contributed by atoms with Gasteiger partial charge in [0.1, 0.15) is 23.1 Å². The number of ether oxygens (including phenoxy) is 2. The quantitative estimate of drug-likeness (QED) is 0.323. The fourth-order valence-electron chi connectivity index (χ4n) is 3.53. The molecule has 146 valence electrons. The third-order valence-electron chi connectivity index (χ3n) is 4.89. The smallest absolute Gasteiger partial charge is 0.131 e. The van der Waals surface area contributed by atoms with Gasteiger partial charge < -0.3 is 9.47 Å². The van der Waals surface area contributed by atoms with Gasteiger partial charge in [0, 0.05) is 32.8 Å². The van der Waals surface area contributed by atoms with Gasteiger partial charge in [-0.05, 0) is 41.1 Å². The van der Waals surface area contributed by atoms with Crippen LogP contribution in [0.15, 0.2) is 71.2 Å². The maximum atomic E-state index is 15.0. The van der Waals surface area contributed by atoms with E-state index in [0.717, 1.165) is 15.2 Å². The summed E-state index contributed by atoms with van der Waals surface area (Å²) in [6.45, 7) is 0. The van der Waals surface area contributed by atoms with Crippen LogP contribution >= 0.6 is 15.9 Å². The molecular formula is C24H17BrF2O2. The van der Waals surface area contributed by atoms with Crippen LogP contribution in [0.3, 0.4) is 0 Å². The van der Waals surface area contributed by atoms with Crippen molar-refractivity contribution < 1.29 is 18.3 Å². The number of methoxy groups -OCH3 is 2. The van der Waals surface area contributed by atoms with Gasteiger partial charge in [-0.15, -0.1) is 0 Å². The second kappa shape index (κ2) is 7.84. The minimum absolute atomic E-state index is 0.348. The van der Waals surface area contributed by atoms with Crippen molar-refractivity contribution in [2.75, 3.05) is 14.2 Å². The molecule has 0 spiro atoms. The van der Waals surface area contributed by atoms with E-state index in [0.29, 0.717) is 33.8 Å². The molecule has 0 saturated carbocycles. The summed E-state index contributed by atoms with van der Waals surface area (Å²) in [5, 5.41) is 1.65. The zero-order valence-electron chi connectivity index (χ0n) is 15.8. The van der Waals surface area contributed by atoms with Crippen LogP contribution in [0.2, 0.25) is 0 Å². The third-order valence-corrected chi connectivity index (χ3v) is 5.38. The Bertz CT molecular complexity index is 1220. The Kier molecular flexibility index (Phi) is 5.24. The third kappa shape index (κ3) is 3.47. The van der Waals surface area contributed by atoms with Crippen molar-refractivity contribution in [3.63, 3.8) is 0 Å². The van der Waals surface area contributed by atoms with Crippen LogP contribution in [0.25, 0.3) is 33.0 Å². The predicted molar refractivity (Wildman–Crippen MR) is 116 cm³/mol. The number of hydrogen-bond acceptors (Lipinski definition) is 2. The van der Waals surface area contributed by atoms with Crippen molar-refractivity contribution in [2.24, 2.45) is 0 Å². The molecule has 0 unspecified atom stereocenters. The van der Waals surface area contributed by atoms with Gasteiger partial charge in [0.15, 0.2) is 0 Å². The molecule has 0 bridgehead atoms. The second-order valence-corrected chi connectivity index (χ2v) is 7.44. The summed E-state index contributed by atoms with van der Waals surface area (Å²) in [6.07, 6.45) is 0. The standard InChI is InChI=1S/C24H17BrF2O2/c1-28-22-13-23(29-2)19(12-18(22)17-11-15(25)8-10-20(17)26)24-16-6-4-3-5-14(16)7-9-21(24)27/h3-13H,1-2H3. The number of halogens is 3. The topological polar surface area (TPSA) is 18.5 Å². The molecule has 0 N–H and O–H groups in total. The molecule has 4 rings (SSSR count). The van der Waals surface area contributed by atoms with Crippen molar-refractivity contribution in [2.45, 2.75) is 0 Å². The van der Waals surface area contributed by atoms with Crippen molar-refractivity contribution in [1.82, 2.24) is 0 Å². The minimum atomic E-state index is -0.402. The molecule has 4 aromatic rings. The lowest BCUT2D eigenvalue weighted by atomic mass is 9.93. The molecule has 29 heavy (non-hydrogen) atoms. The van der Waals surface area contributed by atoms with Crippen LogP contribution in [0.1, 0.15) is 0 Å². The maximum absolute atomic E-state index is 15.0. The van der Waals surface area contributed by atoms with Crippen LogP contribution in [0.5, 0.6) is 11.5 Å². The van der Waals surface area contributed by atoms with E-state index in [1.54, 1.807) is 30.3 Å². The molecule has 5 heteroatoms. The first kappa shape index (κ1) is 19.4. The van der Waals surface area contributed by atoms with E-state index in [9.17, 15) is 4.39 Å². The minimum Gasteiger partial charge on any atom is -0.496 e. The first-order valence-electron chi connectivity index (χ1n) is 8.92. The zero-order valence-corrected chi connectivity index (χ0v) is 17.4. The normalized spacial score (nSPS) is 10.9. The van der Waals surface area contributed by atoms with Gasteiger partial charge in [-0.2, -0.15) is 0 Å². The number of benzene rings is 4. The highest BCUT2D eigenvalue weighted by molar-refractivity contribution is 9.10. The summed E-state index contributed by atoms with van der Waals surface area (Å²) in [5.74, 6) is 0.0911. The highest BCUT2D eigenvalue weighted by Gasteiger charge is 2.20. The molecule has 0 heterocycles. The van der Waals surface area contributed by atoms with E-state index in [-0.39, 0.29) is 5.82 Å². The summed E-state index contributed by atoms with van der Waals surface area (Å²) in [5.41, 5.74) is 1.78. The van der Waals surface area contributed by atoms with Crippen LogP contribution in [0, 0.1) is 11.6 Å². The van der Waals surface area contributed by atoms with Gasteiger partial charge in [0.2, 0.25) is 0 Å². The Hall–Kier alpha value is -2.92. The first-order chi connectivity index (χ1) is 14.0. The van der Waals surface area contributed by atoms with Gasteiger partial charge in [-0.3, -0.25) is 0 Å². The Morgan fingerprint density at radius 1 is 0.690 bits per heavy atom. The lowest BCUT2D eigenvalue weighted by molar-refractivity contribution is 0.396. The fraction of sp³-hybridized carbons (Fsp3) is 0.0833. The average molecular weight is 455 g/mol. The molecule has 0 radical (unpaired) electrons. The summed E-state index contributed by atoms with van der Waals surface area (Å²) in [4.78, 5) is 0. The molecule has 0 saturated heterocycles. The fourth-order valence-corrected chi connectivity index (χ4v) is 3.89.